The Morgan fingerprint density at radius 2 is 2.31 bits per heavy atom. The molecule has 140 valence electrons. The molecule has 26 heavy (non-hydrogen) atoms. The van der Waals surface area contributed by atoms with Gasteiger partial charge in [0.1, 0.15) is 12.4 Å². The Bertz CT molecular complexity index is 814. The smallest absolute Gasteiger partial charge is 0.199 e. The molecular formula is C19H26N4O2S. The molecule has 1 aromatic carbocycles. The monoisotopic (exact) mass is 374 g/mol. The average molecular weight is 375 g/mol. The third-order valence-electron chi connectivity index (χ3n) is 4.48. The lowest BCUT2D eigenvalue weighted by atomic mass is 10.1. The zero-order valence-electron chi connectivity index (χ0n) is 15.2. The third-order valence-corrected chi connectivity index (χ3v) is 4.91. The first-order valence-electron chi connectivity index (χ1n) is 8.94. The van der Waals surface area contributed by atoms with Gasteiger partial charge in [0.15, 0.2) is 10.6 Å². The molecule has 1 aliphatic rings. The number of likely N-dealkylation sites (tertiary alicyclic amines) is 1. The number of aliphatic hydroxyl groups excluding tert-OH is 1. The van der Waals surface area contributed by atoms with Crippen LogP contribution in [0.3, 0.4) is 0 Å². The molecular weight excluding hydrogens is 348 g/mol. The number of ether oxygens (including phenoxy) is 1. The molecule has 2 heterocycles. The van der Waals surface area contributed by atoms with Gasteiger partial charge in [-0.15, -0.1) is 6.58 Å². The van der Waals surface area contributed by atoms with Crippen molar-refractivity contribution in [1.82, 2.24) is 19.2 Å². The lowest BCUT2D eigenvalue weighted by Gasteiger charge is -2.29. The summed E-state index contributed by atoms with van der Waals surface area (Å²) in [5.74, 6) is 1.59. The van der Waals surface area contributed by atoms with E-state index in [1.165, 1.54) is 0 Å². The number of allylic oxidation sites excluding steroid dienone is 1. The molecule has 6 nitrogen and oxygen atoms in total. The van der Waals surface area contributed by atoms with Crippen molar-refractivity contribution >= 4 is 12.2 Å². The summed E-state index contributed by atoms with van der Waals surface area (Å²) in [6, 6.07) is 7.94. The summed E-state index contributed by atoms with van der Waals surface area (Å²) < 4.78 is 10.3. The Kier molecular flexibility index (Phi) is 6.24. The molecule has 0 amide bonds. The van der Waals surface area contributed by atoms with E-state index in [-0.39, 0.29) is 6.10 Å². The number of β-amino-alcohol motifs (C(OH)–C–C–N with tert-alkyl or cyclic N) is 1. The number of piperidine rings is 1. The highest BCUT2D eigenvalue weighted by molar-refractivity contribution is 7.71. The summed E-state index contributed by atoms with van der Waals surface area (Å²) >= 11 is 5.60. The fourth-order valence-corrected chi connectivity index (χ4v) is 3.48. The van der Waals surface area contributed by atoms with Crippen molar-refractivity contribution < 1.29 is 9.84 Å². The van der Waals surface area contributed by atoms with Gasteiger partial charge in [-0.3, -0.25) is 9.47 Å². The molecule has 1 fully saturated rings. The van der Waals surface area contributed by atoms with E-state index in [0.29, 0.717) is 31.1 Å². The normalized spacial score (nSPS) is 18.0. The number of benzene rings is 1. The molecule has 1 atom stereocenters. The van der Waals surface area contributed by atoms with E-state index in [9.17, 15) is 5.11 Å². The minimum absolute atomic E-state index is 0.266. The largest absolute Gasteiger partial charge is 0.486 e. The number of aliphatic hydroxyl groups is 1. The van der Waals surface area contributed by atoms with Crippen LogP contribution >= 0.6 is 12.2 Å². The van der Waals surface area contributed by atoms with E-state index in [1.807, 2.05) is 46.5 Å². The van der Waals surface area contributed by atoms with Gasteiger partial charge in [-0.05, 0) is 49.7 Å². The fraction of sp³-hybridized carbons (Fsp3) is 0.474. The molecule has 0 saturated carbocycles. The Morgan fingerprint density at radius 3 is 3.04 bits per heavy atom. The van der Waals surface area contributed by atoms with E-state index in [4.69, 9.17) is 17.0 Å². The Morgan fingerprint density at radius 1 is 1.46 bits per heavy atom. The van der Waals surface area contributed by atoms with Crippen LogP contribution < -0.4 is 4.74 Å². The van der Waals surface area contributed by atoms with E-state index < -0.39 is 0 Å². The number of rotatable bonds is 7. The third kappa shape index (κ3) is 4.60. The summed E-state index contributed by atoms with van der Waals surface area (Å²) in [5.41, 5.74) is 1.15. The first kappa shape index (κ1) is 18.8. The second-order valence-corrected chi connectivity index (χ2v) is 7.08. The first-order chi connectivity index (χ1) is 12.6. The minimum Gasteiger partial charge on any atom is -0.486 e. The summed E-state index contributed by atoms with van der Waals surface area (Å²) in [5, 5.41) is 14.5. The van der Waals surface area contributed by atoms with E-state index in [2.05, 4.69) is 16.6 Å². The molecule has 1 N–H and O–H groups in total. The topological polar surface area (TPSA) is 55.5 Å². The molecule has 0 radical (unpaired) electrons. The Labute approximate surface area is 159 Å². The van der Waals surface area contributed by atoms with Crippen LogP contribution in [-0.2, 0) is 19.8 Å². The molecule has 3 rings (SSSR count). The van der Waals surface area contributed by atoms with Crippen molar-refractivity contribution in [3.63, 3.8) is 0 Å². The number of hydrogen-bond donors (Lipinski definition) is 1. The van der Waals surface area contributed by atoms with Gasteiger partial charge in [0.05, 0.1) is 12.8 Å². The van der Waals surface area contributed by atoms with Gasteiger partial charge in [-0.25, -0.2) is 4.68 Å². The fourth-order valence-electron chi connectivity index (χ4n) is 3.20. The summed E-state index contributed by atoms with van der Waals surface area (Å²) in [7, 11) is 0. The van der Waals surface area contributed by atoms with Crippen molar-refractivity contribution in [3.05, 3.63) is 53.1 Å². The second kappa shape index (κ2) is 8.62. The average Bonchev–Trinajstić information content (AvgIpc) is 2.89. The lowest BCUT2D eigenvalue weighted by Crippen LogP contribution is -2.39. The minimum atomic E-state index is -0.266. The maximum absolute atomic E-state index is 9.87. The van der Waals surface area contributed by atoms with Gasteiger partial charge in [0.25, 0.3) is 0 Å². The molecule has 0 unspecified atom stereocenters. The number of hydrogen-bond acceptors (Lipinski definition) is 5. The van der Waals surface area contributed by atoms with Gasteiger partial charge in [0, 0.05) is 19.6 Å². The quantitative estimate of drug-likeness (QED) is 0.597. The standard InChI is InChI=1S/C19H26N4O2S/c1-3-9-22-18(13-25-17-8-4-6-15(2)11-17)20-23(19(22)26)14-21-10-5-7-16(24)12-21/h3-4,6,8,11,16,24H,1,5,7,9-10,12-14H2,2H3/t16-/m0/s1. The lowest BCUT2D eigenvalue weighted by molar-refractivity contribution is 0.0511. The molecule has 0 bridgehead atoms. The van der Waals surface area contributed by atoms with Gasteiger partial charge in [-0.1, -0.05) is 18.2 Å². The Hall–Kier alpha value is -1.96. The van der Waals surface area contributed by atoms with Gasteiger partial charge < -0.3 is 9.84 Å². The van der Waals surface area contributed by atoms with Crippen molar-refractivity contribution in [1.29, 1.82) is 0 Å². The molecule has 2 aromatic rings. The number of nitrogens with zero attached hydrogens (tertiary/aromatic N) is 4. The van der Waals surface area contributed by atoms with Crippen LogP contribution in [0.5, 0.6) is 5.75 Å². The van der Waals surface area contributed by atoms with Crippen LogP contribution in [0.4, 0.5) is 0 Å². The van der Waals surface area contributed by atoms with Crippen LogP contribution in [0.1, 0.15) is 24.2 Å². The molecule has 7 heteroatoms. The molecule has 0 aliphatic carbocycles. The van der Waals surface area contributed by atoms with Crippen molar-refractivity contribution in [3.8, 4) is 5.75 Å². The summed E-state index contributed by atoms with van der Waals surface area (Å²) in [6.07, 6.45) is 3.40. The highest BCUT2D eigenvalue weighted by Crippen LogP contribution is 2.15. The van der Waals surface area contributed by atoms with Gasteiger partial charge >= 0.3 is 0 Å². The maximum atomic E-state index is 9.87. The number of aryl methyl sites for hydroxylation is 1. The first-order valence-corrected chi connectivity index (χ1v) is 9.35. The van der Waals surface area contributed by atoms with Crippen LogP contribution in [-0.4, -0.2) is 43.5 Å². The molecule has 1 aromatic heterocycles. The Balaban J connectivity index is 1.76. The molecule has 1 saturated heterocycles. The van der Waals surface area contributed by atoms with Crippen molar-refractivity contribution in [2.24, 2.45) is 0 Å². The van der Waals surface area contributed by atoms with Gasteiger partial charge in [-0.2, -0.15) is 5.10 Å². The van der Waals surface area contributed by atoms with E-state index in [0.717, 1.165) is 36.5 Å². The molecule has 1 aliphatic heterocycles. The van der Waals surface area contributed by atoms with Crippen molar-refractivity contribution in [2.45, 2.75) is 45.7 Å². The van der Waals surface area contributed by atoms with Crippen LogP contribution in [0, 0.1) is 11.7 Å². The van der Waals surface area contributed by atoms with Crippen molar-refractivity contribution in [2.75, 3.05) is 13.1 Å². The van der Waals surface area contributed by atoms with E-state index in [1.54, 1.807) is 0 Å². The van der Waals surface area contributed by atoms with Gasteiger partial charge in [0.2, 0.25) is 0 Å². The molecule has 0 spiro atoms. The van der Waals surface area contributed by atoms with Crippen LogP contribution in [0.2, 0.25) is 0 Å². The highest BCUT2D eigenvalue weighted by Gasteiger charge is 2.19. The zero-order valence-corrected chi connectivity index (χ0v) is 16.0. The predicted molar refractivity (Wildman–Crippen MR) is 104 cm³/mol. The SMILES string of the molecule is C=CCn1c(COc2cccc(C)c2)nn(CN2CCC[C@H](O)C2)c1=S. The maximum Gasteiger partial charge on any atom is 0.199 e. The number of aromatic nitrogens is 3. The predicted octanol–water partition coefficient (Wildman–Crippen LogP) is 2.90. The summed E-state index contributed by atoms with van der Waals surface area (Å²) in [6.45, 7) is 8.97. The summed E-state index contributed by atoms with van der Waals surface area (Å²) in [4.78, 5) is 2.18. The highest BCUT2D eigenvalue weighted by atomic mass is 32.1. The van der Waals surface area contributed by atoms with Crippen LogP contribution in [0.15, 0.2) is 36.9 Å². The van der Waals surface area contributed by atoms with E-state index >= 15 is 0 Å². The van der Waals surface area contributed by atoms with Crippen LogP contribution in [0.25, 0.3) is 0 Å². The zero-order chi connectivity index (χ0) is 18.5. The second-order valence-electron chi connectivity index (χ2n) is 6.72.